The van der Waals surface area contributed by atoms with Crippen LogP contribution in [0.25, 0.3) is 0 Å². The topological polar surface area (TPSA) is 111 Å². The zero-order chi connectivity index (χ0) is 10.3. The molecule has 13 heavy (non-hydrogen) atoms. The van der Waals surface area contributed by atoms with Gasteiger partial charge in [0.25, 0.3) is 0 Å². The number of hydrogen-bond acceptors (Lipinski definition) is 5. The van der Waals surface area contributed by atoms with Crippen molar-refractivity contribution in [3.8, 4) is 0 Å². The SMILES string of the molecule is CC(CNC(CO)CO)C(N)=NO. The van der Waals surface area contributed by atoms with Crippen LogP contribution in [0, 0.1) is 5.92 Å². The molecular formula is C7H17N3O3. The summed E-state index contributed by atoms with van der Waals surface area (Å²) in [6.07, 6.45) is 0. The van der Waals surface area contributed by atoms with Crippen LogP contribution >= 0.6 is 0 Å². The van der Waals surface area contributed by atoms with Crippen LogP contribution in [-0.4, -0.2) is 47.1 Å². The molecular weight excluding hydrogens is 174 g/mol. The maximum atomic E-state index is 8.70. The summed E-state index contributed by atoms with van der Waals surface area (Å²) < 4.78 is 0. The minimum absolute atomic E-state index is 0.127. The third-order valence-corrected chi connectivity index (χ3v) is 1.77. The number of hydrogen-bond donors (Lipinski definition) is 5. The minimum atomic E-state index is -0.353. The van der Waals surface area contributed by atoms with Crippen molar-refractivity contribution in [2.24, 2.45) is 16.8 Å². The van der Waals surface area contributed by atoms with Gasteiger partial charge in [0.15, 0.2) is 0 Å². The molecule has 0 saturated carbocycles. The van der Waals surface area contributed by atoms with Gasteiger partial charge in [0, 0.05) is 12.5 Å². The smallest absolute Gasteiger partial charge is 0.143 e. The second-order valence-electron chi connectivity index (χ2n) is 2.90. The van der Waals surface area contributed by atoms with Gasteiger partial charge in [0.05, 0.1) is 19.3 Å². The molecule has 0 aliphatic heterocycles. The molecule has 0 spiro atoms. The molecule has 78 valence electrons. The van der Waals surface area contributed by atoms with Crippen molar-refractivity contribution in [3.63, 3.8) is 0 Å². The number of rotatable bonds is 6. The molecule has 0 saturated heterocycles. The van der Waals surface area contributed by atoms with Gasteiger partial charge in [-0.1, -0.05) is 12.1 Å². The third-order valence-electron chi connectivity index (χ3n) is 1.77. The molecule has 0 amide bonds. The Morgan fingerprint density at radius 2 is 2.00 bits per heavy atom. The lowest BCUT2D eigenvalue weighted by molar-refractivity contribution is 0.170. The van der Waals surface area contributed by atoms with Crippen LogP contribution in [0.5, 0.6) is 0 Å². The third kappa shape index (κ3) is 4.66. The van der Waals surface area contributed by atoms with Crippen LogP contribution in [-0.2, 0) is 0 Å². The van der Waals surface area contributed by atoms with E-state index in [2.05, 4.69) is 10.5 Å². The summed E-state index contributed by atoms with van der Waals surface area (Å²) >= 11 is 0. The summed E-state index contributed by atoms with van der Waals surface area (Å²) in [5, 5.41) is 31.4. The lowest BCUT2D eigenvalue weighted by atomic mass is 10.1. The largest absolute Gasteiger partial charge is 0.409 e. The lowest BCUT2D eigenvalue weighted by Crippen LogP contribution is -2.41. The van der Waals surface area contributed by atoms with E-state index in [9.17, 15) is 0 Å². The molecule has 0 aromatic rings. The van der Waals surface area contributed by atoms with Gasteiger partial charge in [-0.3, -0.25) is 0 Å². The van der Waals surface area contributed by atoms with Crippen molar-refractivity contribution in [2.45, 2.75) is 13.0 Å². The molecule has 0 aliphatic carbocycles. The first-order chi connectivity index (χ1) is 6.15. The number of oxime groups is 1. The van der Waals surface area contributed by atoms with Crippen LogP contribution in [0.3, 0.4) is 0 Å². The molecule has 0 aliphatic rings. The molecule has 0 fully saturated rings. The van der Waals surface area contributed by atoms with E-state index in [1.807, 2.05) is 0 Å². The monoisotopic (exact) mass is 191 g/mol. The van der Waals surface area contributed by atoms with Crippen molar-refractivity contribution < 1.29 is 15.4 Å². The van der Waals surface area contributed by atoms with E-state index in [-0.39, 0.29) is 31.0 Å². The fraction of sp³-hybridized carbons (Fsp3) is 0.857. The number of nitrogens with two attached hydrogens (primary N) is 1. The summed E-state index contributed by atoms with van der Waals surface area (Å²) in [4.78, 5) is 0. The van der Waals surface area contributed by atoms with E-state index >= 15 is 0 Å². The van der Waals surface area contributed by atoms with Gasteiger partial charge < -0.3 is 26.5 Å². The zero-order valence-electron chi connectivity index (χ0n) is 7.64. The predicted molar refractivity (Wildman–Crippen MR) is 48.5 cm³/mol. The van der Waals surface area contributed by atoms with E-state index in [1.54, 1.807) is 6.92 Å². The molecule has 1 atom stereocenters. The summed E-state index contributed by atoms with van der Waals surface area (Å²) in [6.45, 7) is 1.94. The Kier molecular flexibility index (Phi) is 6.21. The first-order valence-electron chi connectivity index (χ1n) is 4.08. The summed E-state index contributed by atoms with van der Waals surface area (Å²) in [5.74, 6) is -0.00673. The Morgan fingerprint density at radius 1 is 1.46 bits per heavy atom. The molecule has 1 unspecified atom stereocenters. The van der Waals surface area contributed by atoms with Crippen molar-refractivity contribution in [1.29, 1.82) is 0 Å². The molecule has 0 rings (SSSR count). The number of amidine groups is 1. The van der Waals surface area contributed by atoms with Crippen molar-refractivity contribution >= 4 is 5.84 Å². The van der Waals surface area contributed by atoms with Crippen LogP contribution < -0.4 is 11.1 Å². The summed E-state index contributed by atoms with van der Waals surface area (Å²) in [7, 11) is 0. The fourth-order valence-corrected chi connectivity index (χ4v) is 0.733. The van der Waals surface area contributed by atoms with Crippen molar-refractivity contribution in [1.82, 2.24) is 5.32 Å². The number of aliphatic hydroxyl groups excluding tert-OH is 2. The molecule has 0 heterocycles. The predicted octanol–water partition coefficient (Wildman–Crippen LogP) is -1.69. The Hall–Kier alpha value is -0.850. The Balaban J connectivity index is 3.74. The molecule has 0 radical (unpaired) electrons. The Labute approximate surface area is 77.1 Å². The van der Waals surface area contributed by atoms with E-state index in [0.29, 0.717) is 6.54 Å². The van der Waals surface area contributed by atoms with E-state index in [1.165, 1.54) is 0 Å². The lowest BCUT2D eigenvalue weighted by Gasteiger charge is -2.16. The van der Waals surface area contributed by atoms with Gasteiger partial charge in [-0.2, -0.15) is 0 Å². The summed E-state index contributed by atoms with van der Waals surface area (Å²) in [6, 6.07) is -0.353. The molecule has 0 aromatic heterocycles. The van der Waals surface area contributed by atoms with E-state index in [4.69, 9.17) is 21.2 Å². The van der Waals surface area contributed by atoms with Crippen molar-refractivity contribution in [2.75, 3.05) is 19.8 Å². The highest BCUT2D eigenvalue weighted by Gasteiger charge is 2.10. The highest BCUT2D eigenvalue weighted by molar-refractivity contribution is 5.82. The Morgan fingerprint density at radius 3 is 2.38 bits per heavy atom. The average Bonchev–Trinajstić information content (AvgIpc) is 2.17. The van der Waals surface area contributed by atoms with Crippen LogP contribution in [0.15, 0.2) is 5.16 Å². The van der Waals surface area contributed by atoms with Crippen LogP contribution in [0.2, 0.25) is 0 Å². The van der Waals surface area contributed by atoms with Crippen LogP contribution in [0.4, 0.5) is 0 Å². The molecule has 0 aromatic carbocycles. The van der Waals surface area contributed by atoms with Crippen molar-refractivity contribution in [3.05, 3.63) is 0 Å². The van der Waals surface area contributed by atoms with Gasteiger partial charge in [-0.05, 0) is 0 Å². The highest BCUT2D eigenvalue weighted by atomic mass is 16.4. The number of nitrogens with one attached hydrogen (secondary N) is 1. The fourth-order valence-electron chi connectivity index (χ4n) is 0.733. The quantitative estimate of drug-likeness (QED) is 0.149. The standard InChI is InChI=1S/C7H17N3O3/c1-5(7(8)10-13)2-9-6(3-11)4-12/h5-6,9,11-13H,2-4H2,1H3,(H2,8,10). The molecule has 6 nitrogen and oxygen atoms in total. The van der Waals surface area contributed by atoms with Gasteiger partial charge in [0.1, 0.15) is 5.84 Å². The normalized spacial score (nSPS) is 14.9. The Bertz CT molecular complexity index is 159. The first-order valence-corrected chi connectivity index (χ1v) is 4.08. The second kappa shape index (κ2) is 6.64. The number of nitrogens with zero attached hydrogens (tertiary/aromatic N) is 1. The van der Waals surface area contributed by atoms with E-state index in [0.717, 1.165) is 0 Å². The maximum Gasteiger partial charge on any atom is 0.143 e. The second-order valence-corrected chi connectivity index (χ2v) is 2.90. The molecule has 6 N–H and O–H groups in total. The van der Waals surface area contributed by atoms with Gasteiger partial charge in [0.2, 0.25) is 0 Å². The van der Waals surface area contributed by atoms with Gasteiger partial charge in [-0.25, -0.2) is 0 Å². The first kappa shape index (κ1) is 12.2. The molecule has 6 heteroatoms. The zero-order valence-corrected chi connectivity index (χ0v) is 7.64. The molecule has 0 bridgehead atoms. The van der Waals surface area contributed by atoms with Gasteiger partial charge in [-0.15, -0.1) is 0 Å². The average molecular weight is 191 g/mol. The summed E-state index contributed by atoms with van der Waals surface area (Å²) in [5.41, 5.74) is 5.32. The van der Waals surface area contributed by atoms with Gasteiger partial charge >= 0.3 is 0 Å². The van der Waals surface area contributed by atoms with E-state index < -0.39 is 0 Å². The minimum Gasteiger partial charge on any atom is -0.409 e. The van der Waals surface area contributed by atoms with Crippen LogP contribution in [0.1, 0.15) is 6.92 Å². The highest BCUT2D eigenvalue weighted by Crippen LogP contribution is 1.93. The number of aliphatic hydroxyl groups is 2. The maximum absolute atomic E-state index is 8.70.